The van der Waals surface area contributed by atoms with E-state index in [9.17, 15) is 4.79 Å². The van der Waals surface area contributed by atoms with Crippen molar-refractivity contribution in [3.05, 3.63) is 47.3 Å². The molecule has 1 fully saturated rings. The van der Waals surface area contributed by atoms with E-state index in [4.69, 9.17) is 0 Å². The monoisotopic (exact) mass is 340 g/mol. The van der Waals surface area contributed by atoms with Crippen molar-refractivity contribution >= 4 is 5.91 Å². The van der Waals surface area contributed by atoms with Gasteiger partial charge in [0.05, 0.1) is 5.69 Å². The third-order valence-corrected chi connectivity index (χ3v) is 5.00. The zero-order valence-corrected chi connectivity index (χ0v) is 15.5. The molecule has 25 heavy (non-hydrogen) atoms. The van der Waals surface area contributed by atoms with Crippen molar-refractivity contribution in [1.82, 2.24) is 20.0 Å². The number of piperidine rings is 1. The van der Waals surface area contributed by atoms with Crippen molar-refractivity contribution in [3.8, 4) is 5.69 Å². The predicted molar refractivity (Wildman–Crippen MR) is 99.7 cm³/mol. The molecule has 0 spiro atoms. The van der Waals surface area contributed by atoms with Gasteiger partial charge in [-0.25, -0.2) is 4.68 Å². The highest BCUT2D eigenvalue weighted by atomic mass is 16.1. The normalized spacial score (nSPS) is 16.1. The molecular weight excluding hydrogens is 312 g/mol. The van der Waals surface area contributed by atoms with Crippen molar-refractivity contribution < 1.29 is 4.79 Å². The number of hydrogen-bond donors (Lipinski definition) is 1. The van der Waals surface area contributed by atoms with Gasteiger partial charge in [0.25, 0.3) is 0 Å². The lowest BCUT2D eigenvalue weighted by Crippen LogP contribution is -2.38. The van der Waals surface area contributed by atoms with Crippen molar-refractivity contribution in [2.45, 2.75) is 40.2 Å². The predicted octanol–water partition coefficient (Wildman–Crippen LogP) is 2.84. The number of aryl methyl sites for hydroxylation is 2. The van der Waals surface area contributed by atoms with Crippen LogP contribution < -0.4 is 5.32 Å². The van der Waals surface area contributed by atoms with Crippen molar-refractivity contribution in [3.63, 3.8) is 0 Å². The van der Waals surface area contributed by atoms with E-state index in [1.807, 2.05) is 23.1 Å². The molecule has 1 aromatic heterocycles. The van der Waals surface area contributed by atoms with Crippen LogP contribution in [0.1, 0.15) is 36.5 Å². The van der Waals surface area contributed by atoms with Gasteiger partial charge in [-0.3, -0.25) is 9.69 Å². The second-order valence-electron chi connectivity index (χ2n) is 7.20. The van der Waals surface area contributed by atoms with Crippen LogP contribution in [0.5, 0.6) is 0 Å². The second kappa shape index (κ2) is 7.83. The molecule has 1 saturated heterocycles. The highest BCUT2D eigenvalue weighted by molar-refractivity contribution is 5.72. The van der Waals surface area contributed by atoms with Gasteiger partial charge in [-0.05, 0) is 62.9 Å². The SMILES string of the molecule is CC(=O)NCC1CCN(Cc2cc(C)cc(C)c2-n2cccn2)CC1. The third-order valence-electron chi connectivity index (χ3n) is 5.00. The Morgan fingerprint density at radius 1 is 1.28 bits per heavy atom. The molecule has 0 unspecified atom stereocenters. The van der Waals surface area contributed by atoms with Crippen LogP contribution in [0.15, 0.2) is 30.6 Å². The fourth-order valence-corrected chi connectivity index (χ4v) is 3.78. The number of nitrogens with zero attached hydrogens (tertiary/aromatic N) is 3. The summed E-state index contributed by atoms with van der Waals surface area (Å²) in [5.74, 6) is 0.673. The van der Waals surface area contributed by atoms with E-state index >= 15 is 0 Å². The largest absolute Gasteiger partial charge is 0.356 e. The summed E-state index contributed by atoms with van der Waals surface area (Å²) in [7, 11) is 0. The van der Waals surface area contributed by atoms with Crippen LogP contribution in [-0.4, -0.2) is 40.2 Å². The smallest absolute Gasteiger partial charge is 0.216 e. The number of likely N-dealkylation sites (tertiary alicyclic amines) is 1. The molecule has 0 bridgehead atoms. The van der Waals surface area contributed by atoms with E-state index in [-0.39, 0.29) is 5.91 Å². The molecule has 5 heteroatoms. The minimum Gasteiger partial charge on any atom is -0.356 e. The highest BCUT2D eigenvalue weighted by Gasteiger charge is 2.21. The Balaban J connectivity index is 1.69. The van der Waals surface area contributed by atoms with Gasteiger partial charge in [0.2, 0.25) is 5.91 Å². The Kier molecular flexibility index (Phi) is 5.53. The van der Waals surface area contributed by atoms with Crippen LogP contribution in [0, 0.1) is 19.8 Å². The first kappa shape index (κ1) is 17.7. The van der Waals surface area contributed by atoms with Gasteiger partial charge in [-0.15, -0.1) is 0 Å². The van der Waals surface area contributed by atoms with Crippen LogP contribution in [0.25, 0.3) is 5.69 Å². The van der Waals surface area contributed by atoms with Gasteiger partial charge in [-0.2, -0.15) is 5.10 Å². The maximum atomic E-state index is 11.1. The Labute approximate surface area is 150 Å². The number of rotatable bonds is 5. The van der Waals surface area contributed by atoms with Gasteiger partial charge < -0.3 is 5.32 Å². The topological polar surface area (TPSA) is 50.2 Å². The van der Waals surface area contributed by atoms with Crippen LogP contribution in [0.4, 0.5) is 0 Å². The summed E-state index contributed by atoms with van der Waals surface area (Å²) in [6.07, 6.45) is 6.13. The van der Waals surface area contributed by atoms with Crippen molar-refractivity contribution in [2.75, 3.05) is 19.6 Å². The molecule has 0 atom stereocenters. The van der Waals surface area contributed by atoms with Gasteiger partial charge in [0.15, 0.2) is 0 Å². The molecule has 0 saturated carbocycles. The molecule has 3 rings (SSSR count). The zero-order chi connectivity index (χ0) is 17.8. The van der Waals surface area contributed by atoms with Gasteiger partial charge in [0.1, 0.15) is 0 Å². The molecule has 2 aromatic rings. The van der Waals surface area contributed by atoms with E-state index in [0.29, 0.717) is 5.92 Å². The summed E-state index contributed by atoms with van der Waals surface area (Å²) < 4.78 is 1.98. The lowest BCUT2D eigenvalue weighted by Gasteiger charge is -2.32. The van der Waals surface area contributed by atoms with E-state index in [1.54, 1.807) is 6.92 Å². The number of nitrogens with one attached hydrogen (secondary N) is 1. The van der Waals surface area contributed by atoms with Gasteiger partial charge >= 0.3 is 0 Å². The maximum absolute atomic E-state index is 11.1. The lowest BCUT2D eigenvalue weighted by molar-refractivity contribution is -0.119. The highest BCUT2D eigenvalue weighted by Crippen LogP contribution is 2.25. The number of carbonyl (C=O) groups excluding carboxylic acids is 1. The van der Waals surface area contributed by atoms with E-state index in [1.165, 1.54) is 22.4 Å². The van der Waals surface area contributed by atoms with E-state index < -0.39 is 0 Å². The average Bonchev–Trinajstić information content (AvgIpc) is 3.07. The summed E-state index contributed by atoms with van der Waals surface area (Å²) in [6, 6.07) is 6.48. The fraction of sp³-hybridized carbons (Fsp3) is 0.500. The first-order chi connectivity index (χ1) is 12.0. The lowest BCUT2D eigenvalue weighted by atomic mass is 9.95. The molecule has 0 aliphatic carbocycles. The van der Waals surface area contributed by atoms with Gasteiger partial charge in [-0.1, -0.05) is 17.7 Å². The number of hydrogen-bond acceptors (Lipinski definition) is 3. The first-order valence-electron chi connectivity index (χ1n) is 9.10. The molecule has 1 aliphatic rings. The van der Waals surface area contributed by atoms with Crippen LogP contribution in [0.2, 0.25) is 0 Å². The summed E-state index contributed by atoms with van der Waals surface area (Å²) in [5.41, 5.74) is 5.10. The summed E-state index contributed by atoms with van der Waals surface area (Å²) >= 11 is 0. The van der Waals surface area contributed by atoms with Crippen LogP contribution in [-0.2, 0) is 11.3 Å². The van der Waals surface area contributed by atoms with Crippen molar-refractivity contribution in [2.24, 2.45) is 5.92 Å². The van der Waals surface area contributed by atoms with Gasteiger partial charge in [0, 0.05) is 32.4 Å². The standard InChI is InChI=1S/C20H28N4O/c1-15-11-16(2)20(24-8-4-7-22-24)19(12-15)14-23-9-5-18(6-10-23)13-21-17(3)25/h4,7-8,11-12,18H,5-6,9-10,13-14H2,1-3H3,(H,21,25). The Hall–Kier alpha value is -2.14. The third kappa shape index (κ3) is 4.48. The van der Waals surface area contributed by atoms with Crippen LogP contribution in [0.3, 0.4) is 0 Å². The maximum Gasteiger partial charge on any atom is 0.216 e. The minimum atomic E-state index is 0.0709. The molecule has 5 nitrogen and oxygen atoms in total. The number of carbonyl (C=O) groups is 1. The molecule has 2 heterocycles. The summed E-state index contributed by atoms with van der Waals surface area (Å²) in [5, 5.41) is 7.39. The summed E-state index contributed by atoms with van der Waals surface area (Å²) in [4.78, 5) is 13.6. The molecule has 1 aromatic carbocycles. The quantitative estimate of drug-likeness (QED) is 0.910. The molecule has 1 N–H and O–H groups in total. The number of benzene rings is 1. The first-order valence-corrected chi connectivity index (χ1v) is 9.10. The van der Waals surface area contributed by atoms with E-state index in [0.717, 1.165) is 39.0 Å². The van der Waals surface area contributed by atoms with Crippen LogP contribution >= 0.6 is 0 Å². The molecular formula is C20H28N4O. The molecule has 134 valence electrons. The zero-order valence-electron chi connectivity index (χ0n) is 15.5. The number of amides is 1. The Morgan fingerprint density at radius 2 is 2.04 bits per heavy atom. The molecule has 0 radical (unpaired) electrons. The minimum absolute atomic E-state index is 0.0709. The van der Waals surface area contributed by atoms with E-state index in [2.05, 4.69) is 41.3 Å². The Morgan fingerprint density at radius 3 is 2.68 bits per heavy atom. The summed E-state index contributed by atoms with van der Waals surface area (Å²) in [6.45, 7) is 9.82. The Bertz CT molecular complexity index is 716. The van der Waals surface area contributed by atoms with Crippen molar-refractivity contribution in [1.29, 1.82) is 0 Å². The fourth-order valence-electron chi connectivity index (χ4n) is 3.78. The number of aromatic nitrogens is 2. The average molecular weight is 340 g/mol. The second-order valence-corrected chi connectivity index (χ2v) is 7.20. The molecule has 1 amide bonds. The molecule has 1 aliphatic heterocycles.